The second kappa shape index (κ2) is 5.11. The molecule has 1 aliphatic heterocycles. The van der Waals surface area contributed by atoms with Gasteiger partial charge in [0.05, 0.1) is 6.61 Å². The zero-order chi connectivity index (χ0) is 13.2. The van der Waals surface area contributed by atoms with Crippen LogP contribution in [0.2, 0.25) is 0 Å². The van der Waals surface area contributed by atoms with E-state index in [2.05, 4.69) is 20.8 Å². The van der Waals surface area contributed by atoms with Crippen LogP contribution in [0.25, 0.3) is 0 Å². The summed E-state index contributed by atoms with van der Waals surface area (Å²) in [4.78, 5) is 17.9. The van der Waals surface area contributed by atoms with Crippen molar-refractivity contribution in [2.45, 2.75) is 39.0 Å². The molecular formula is C15H21NO2. The van der Waals surface area contributed by atoms with Crippen molar-refractivity contribution in [1.82, 2.24) is 5.06 Å². The minimum absolute atomic E-state index is 0.0137. The number of carbonyl (C=O) groups excluding carboxylic acids is 1. The molecular weight excluding hydrogens is 226 g/mol. The Bertz CT molecular complexity index is 428. The molecule has 0 radical (unpaired) electrons. The molecule has 0 saturated carbocycles. The number of amides is 1. The summed E-state index contributed by atoms with van der Waals surface area (Å²) < 4.78 is 0. The Labute approximate surface area is 109 Å². The molecule has 3 nitrogen and oxygen atoms in total. The van der Waals surface area contributed by atoms with Gasteiger partial charge in [-0.1, -0.05) is 39.0 Å². The summed E-state index contributed by atoms with van der Waals surface area (Å²) in [7, 11) is 0. The van der Waals surface area contributed by atoms with Crippen molar-refractivity contribution >= 4 is 5.91 Å². The second-order valence-electron chi connectivity index (χ2n) is 5.74. The molecule has 0 unspecified atom stereocenters. The highest BCUT2D eigenvalue weighted by Gasteiger charge is 2.25. The monoisotopic (exact) mass is 247 g/mol. The van der Waals surface area contributed by atoms with E-state index >= 15 is 0 Å². The van der Waals surface area contributed by atoms with Gasteiger partial charge in [0.2, 0.25) is 0 Å². The maximum absolute atomic E-state index is 12.5. The summed E-state index contributed by atoms with van der Waals surface area (Å²) in [5.74, 6) is -0.0137. The maximum atomic E-state index is 12.5. The van der Waals surface area contributed by atoms with E-state index < -0.39 is 0 Å². The van der Waals surface area contributed by atoms with Crippen LogP contribution in [-0.4, -0.2) is 24.1 Å². The first-order valence-electron chi connectivity index (χ1n) is 6.54. The lowest BCUT2D eigenvalue weighted by Gasteiger charge is -2.29. The fraction of sp³-hybridized carbons (Fsp3) is 0.533. The van der Waals surface area contributed by atoms with Gasteiger partial charge in [-0.05, 0) is 29.9 Å². The SMILES string of the molecule is CC(C)(C)c1ccccc1C(=O)N1CCCCO1. The van der Waals surface area contributed by atoms with Gasteiger partial charge in [-0.2, -0.15) is 0 Å². The first-order valence-corrected chi connectivity index (χ1v) is 6.54. The highest BCUT2D eigenvalue weighted by molar-refractivity contribution is 5.95. The standard InChI is InChI=1S/C15H21NO2/c1-15(2,3)13-9-5-4-8-12(13)14(17)16-10-6-7-11-18-16/h4-5,8-9H,6-7,10-11H2,1-3H3. The number of hydroxylamine groups is 2. The Morgan fingerprint density at radius 2 is 1.94 bits per heavy atom. The van der Waals surface area contributed by atoms with Crippen molar-refractivity contribution in [2.75, 3.05) is 13.2 Å². The Kier molecular flexibility index (Phi) is 3.71. The predicted molar refractivity (Wildman–Crippen MR) is 71.4 cm³/mol. The molecule has 18 heavy (non-hydrogen) atoms. The summed E-state index contributed by atoms with van der Waals surface area (Å²) in [6.45, 7) is 7.70. The number of carbonyl (C=O) groups is 1. The summed E-state index contributed by atoms with van der Waals surface area (Å²) in [5, 5.41) is 1.51. The van der Waals surface area contributed by atoms with Gasteiger partial charge in [-0.15, -0.1) is 0 Å². The van der Waals surface area contributed by atoms with Crippen LogP contribution >= 0.6 is 0 Å². The van der Waals surface area contributed by atoms with Gasteiger partial charge in [0, 0.05) is 12.1 Å². The van der Waals surface area contributed by atoms with Crippen LogP contribution in [0.4, 0.5) is 0 Å². The van der Waals surface area contributed by atoms with Crippen LogP contribution in [0, 0.1) is 0 Å². The fourth-order valence-corrected chi connectivity index (χ4v) is 2.21. The van der Waals surface area contributed by atoms with Crippen LogP contribution in [0.3, 0.4) is 0 Å². The van der Waals surface area contributed by atoms with E-state index in [0.717, 1.165) is 24.0 Å². The molecule has 0 aliphatic carbocycles. The molecule has 0 bridgehead atoms. The number of nitrogens with zero attached hydrogens (tertiary/aromatic N) is 1. The van der Waals surface area contributed by atoms with Crippen molar-refractivity contribution in [3.63, 3.8) is 0 Å². The zero-order valence-electron chi connectivity index (χ0n) is 11.4. The third-order valence-electron chi connectivity index (χ3n) is 3.19. The molecule has 1 aliphatic rings. The van der Waals surface area contributed by atoms with Gasteiger partial charge >= 0.3 is 0 Å². The smallest absolute Gasteiger partial charge is 0.271 e. The normalized spacial score (nSPS) is 16.7. The van der Waals surface area contributed by atoms with E-state index in [4.69, 9.17) is 4.84 Å². The molecule has 0 spiro atoms. The topological polar surface area (TPSA) is 29.5 Å². The van der Waals surface area contributed by atoms with E-state index in [1.165, 1.54) is 5.06 Å². The minimum atomic E-state index is -0.0396. The van der Waals surface area contributed by atoms with Crippen LogP contribution < -0.4 is 0 Å². The lowest BCUT2D eigenvalue weighted by Crippen LogP contribution is -2.37. The van der Waals surface area contributed by atoms with Crippen molar-refractivity contribution in [3.05, 3.63) is 35.4 Å². The summed E-state index contributed by atoms with van der Waals surface area (Å²) in [6.07, 6.45) is 2.05. The van der Waals surface area contributed by atoms with Crippen LogP contribution in [0.5, 0.6) is 0 Å². The Morgan fingerprint density at radius 1 is 1.22 bits per heavy atom. The number of hydrogen-bond acceptors (Lipinski definition) is 2. The third kappa shape index (κ3) is 2.72. The molecule has 0 aromatic heterocycles. The molecule has 0 atom stereocenters. The van der Waals surface area contributed by atoms with Gasteiger partial charge in [0.1, 0.15) is 0 Å². The summed E-state index contributed by atoms with van der Waals surface area (Å²) in [6, 6.07) is 7.80. The van der Waals surface area contributed by atoms with Crippen molar-refractivity contribution in [3.8, 4) is 0 Å². The summed E-state index contributed by atoms with van der Waals surface area (Å²) in [5.41, 5.74) is 1.79. The number of hydrogen-bond donors (Lipinski definition) is 0. The van der Waals surface area contributed by atoms with E-state index in [1.807, 2.05) is 24.3 Å². The van der Waals surface area contributed by atoms with E-state index in [-0.39, 0.29) is 11.3 Å². The van der Waals surface area contributed by atoms with Crippen LogP contribution in [0.15, 0.2) is 24.3 Å². The predicted octanol–water partition coefficient (Wildman–Crippen LogP) is 3.15. The lowest BCUT2D eigenvalue weighted by atomic mass is 9.83. The highest BCUT2D eigenvalue weighted by Crippen LogP contribution is 2.27. The highest BCUT2D eigenvalue weighted by atomic mass is 16.7. The van der Waals surface area contributed by atoms with E-state index in [9.17, 15) is 4.79 Å². The first kappa shape index (κ1) is 13.1. The Morgan fingerprint density at radius 3 is 2.56 bits per heavy atom. The third-order valence-corrected chi connectivity index (χ3v) is 3.19. The lowest BCUT2D eigenvalue weighted by molar-refractivity contribution is -0.144. The zero-order valence-corrected chi connectivity index (χ0v) is 11.4. The largest absolute Gasteiger partial charge is 0.277 e. The van der Waals surface area contributed by atoms with Gasteiger partial charge < -0.3 is 0 Å². The number of rotatable bonds is 1. The quantitative estimate of drug-likeness (QED) is 0.763. The second-order valence-corrected chi connectivity index (χ2v) is 5.74. The molecule has 1 aromatic carbocycles. The van der Waals surface area contributed by atoms with Gasteiger partial charge in [0.15, 0.2) is 0 Å². The van der Waals surface area contributed by atoms with E-state index in [0.29, 0.717) is 13.2 Å². The van der Waals surface area contributed by atoms with Crippen LogP contribution in [-0.2, 0) is 10.3 Å². The molecule has 0 N–H and O–H groups in total. The van der Waals surface area contributed by atoms with E-state index in [1.54, 1.807) is 0 Å². The maximum Gasteiger partial charge on any atom is 0.277 e. The summed E-state index contributed by atoms with van der Waals surface area (Å²) >= 11 is 0. The molecule has 1 saturated heterocycles. The fourth-order valence-electron chi connectivity index (χ4n) is 2.21. The van der Waals surface area contributed by atoms with Gasteiger partial charge in [-0.25, -0.2) is 5.06 Å². The Hall–Kier alpha value is -1.35. The molecule has 2 rings (SSSR count). The molecule has 3 heteroatoms. The van der Waals surface area contributed by atoms with Crippen molar-refractivity contribution in [1.29, 1.82) is 0 Å². The van der Waals surface area contributed by atoms with Gasteiger partial charge in [0.25, 0.3) is 5.91 Å². The Balaban J connectivity index is 2.30. The number of benzene rings is 1. The molecule has 1 heterocycles. The first-order chi connectivity index (χ1) is 8.50. The molecule has 1 aromatic rings. The average molecular weight is 247 g/mol. The van der Waals surface area contributed by atoms with Crippen molar-refractivity contribution in [2.24, 2.45) is 0 Å². The van der Waals surface area contributed by atoms with Crippen LogP contribution in [0.1, 0.15) is 49.5 Å². The molecule has 98 valence electrons. The minimum Gasteiger partial charge on any atom is -0.271 e. The molecule has 1 amide bonds. The van der Waals surface area contributed by atoms with Crippen molar-refractivity contribution < 1.29 is 9.63 Å². The average Bonchev–Trinajstić information content (AvgIpc) is 2.38. The molecule has 1 fully saturated rings. The van der Waals surface area contributed by atoms with Gasteiger partial charge in [-0.3, -0.25) is 9.63 Å².